The average Bonchev–Trinajstić information content (AvgIpc) is 2.46. The Labute approximate surface area is 170 Å². The van der Waals surface area contributed by atoms with Crippen molar-refractivity contribution in [3.8, 4) is 5.75 Å². The van der Waals surface area contributed by atoms with Crippen molar-refractivity contribution < 1.29 is 19.4 Å². The molecule has 0 spiro atoms. The second-order valence-corrected chi connectivity index (χ2v) is 9.30. The molecule has 0 aliphatic heterocycles. The predicted octanol–water partition coefficient (Wildman–Crippen LogP) is 4.85. The maximum absolute atomic E-state index is 12.3. The lowest BCUT2D eigenvalue weighted by Gasteiger charge is -2.28. The highest BCUT2D eigenvalue weighted by Gasteiger charge is 2.25. The van der Waals surface area contributed by atoms with Gasteiger partial charge in [-0.1, -0.05) is 6.08 Å². The molecule has 5 nitrogen and oxygen atoms in total. The van der Waals surface area contributed by atoms with Crippen molar-refractivity contribution in [2.24, 2.45) is 0 Å². The van der Waals surface area contributed by atoms with E-state index in [9.17, 15) is 9.90 Å². The molecule has 1 amide bonds. The van der Waals surface area contributed by atoms with Gasteiger partial charge in [0.05, 0.1) is 12.1 Å². The third kappa shape index (κ3) is 8.34. The predicted molar refractivity (Wildman–Crippen MR) is 114 cm³/mol. The summed E-state index contributed by atoms with van der Waals surface area (Å²) >= 11 is 0. The number of aliphatic hydroxyl groups is 1. The van der Waals surface area contributed by atoms with Crippen molar-refractivity contribution >= 4 is 6.09 Å². The molecule has 28 heavy (non-hydrogen) atoms. The van der Waals surface area contributed by atoms with E-state index in [0.29, 0.717) is 12.8 Å². The van der Waals surface area contributed by atoms with Gasteiger partial charge >= 0.3 is 6.09 Å². The number of carbonyl (C=O) groups excluding carboxylic acids is 1. The second kappa shape index (κ2) is 9.46. The summed E-state index contributed by atoms with van der Waals surface area (Å²) in [5, 5.41) is 13.4. The first kappa shape index (κ1) is 24.0. The Bertz CT molecular complexity index is 660. The van der Waals surface area contributed by atoms with E-state index in [1.54, 1.807) is 6.08 Å². The van der Waals surface area contributed by atoms with E-state index in [4.69, 9.17) is 9.47 Å². The van der Waals surface area contributed by atoms with E-state index in [0.717, 1.165) is 22.4 Å². The topological polar surface area (TPSA) is 67.8 Å². The van der Waals surface area contributed by atoms with Crippen LogP contribution in [0.25, 0.3) is 0 Å². The molecular weight excluding hydrogens is 354 g/mol. The van der Waals surface area contributed by atoms with Gasteiger partial charge in [-0.3, -0.25) is 0 Å². The Hall–Kier alpha value is -2.01. The summed E-state index contributed by atoms with van der Waals surface area (Å²) in [5.41, 5.74) is 2.31. The summed E-state index contributed by atoms with van der Waals surface area (Å²) in [4.78, 5) is 12.3. The lowest BCUT2D eigenvalue weighted by atomic mass is 9.92. The maximum Gasteiger partial charge on any atom is 0.407 e. The maximum atomic E-state index is 12.3. The molecule has 0 radical (unpaired) electrons. The zero-order chi connectivity index (χ0) is 21.7. The second-order valence-electron chi connectivity index (χ2n) is 9.30. The molecule has 1 aromatic carbocycles. The first-order valence-corrected chi connectivity index (χ1v) is 9.79. The number of aliphatic hydroxyl groups excluding tert-OH is 1. The van der Waals surface area contributed by atoms with E-state index in [1.807, 2.05) is 67.5 Å². The molecule has 2 atom stereocenters. The zero-order valence-electron chi connectivity index (χ0n) is 18.7. The SMILES string of the molecule is C=CCC(O)C(Cc1c(C)cc(OC(C)(C)C)cc1C)NC(=O)OC(C)(C)C. The number of alkyl carbamates (subject to hydrolysis) is 1. The number of aryl methyl sites for hydroxylation is 2. The molecule has 0 bridgehead atoms. The van der Waals surface area contributed by atoms with Gasteiger partial charge < -0.3 is 19.9 Å². The lowest BCUT2D eigenvalue weighted by molar-refractivity contribution is 0.0424. The monoisotopic (exact) mass is 391 g/mol. The van der Waals surface area contributed by atoms with E-state index < -0.39 is 23.8 Å². The highest BCUT2D eigenvalue weighted by Crippen LogP contribution is 2.26. The van der Waals surface area contributed by atoms with Crippen LogP contribution < -0.4 is 10.1 Å². The van der Waals surface area contributed by atoms with Gasteiger partial charge in [-0.15, -0.1) is 6.58 Å². The van der Waals surface area contributed by atoms with Gasteiger partial charge in [0.1, 0.15) is 17.0 Å². The summed E-state index contributed by atoms with van der Waals surface area (Å²) in [6.07, 6.45) is 1.22. The van der Waals surface area contributed by atoms with Crippen LogP contribution in [0.15, 0.2) is 24.8 Å². The van der Waals surface area contributed by atoms with Gasteiger partial charge in [-0.25, -0.2) is 4.79 Å². The first-order valence-electron chi connectivity index (χ1n) is 9.79. The Morgan fingerprint density at radius 2 is 1.68 bits per heavy atom. The summed E-state index contributed by atoms with van der Waals surface area (Å²) in [6.45, 7) is 19.2. The van der Waals surface area contributed by atoms with E-state index in [2.05, 4.69) is 11.9 Å². The van der Waals surface area contributed by atoms with Crippen molar-refractivity contribution in [3.05, 3.63) is 41.5 Å². The molecular formula is C23H37NO4. The normalized spacial score (nSPS) is 14.2. The molecule has 5 heteroatoms. The molecule has 0 aliphatic carbocycles. The summed E-state index contributed by atoms with van der Waals surface area (Å²) in [7, 11) is 0. The van der Waals surface area contributed by atoms with Gasteiger partial charge in [0.15, 0.2) is 0 Å². The highest BCUT2D eigenvalue weighted by atomic mass is 16.6. The smallest absolute Gasteiger partial charge is 0.407 e. The molecule has 0 saturated carbocycles. The third-order valence-corrected chi connectivity index (χ3v) is 4.09. The van der Waals surface area contributed by atoms with Crippen molar-refractivity contribution in [2.75, 3.05) is 0 Å². The van der Waals surface area contributed by atoms with E-state index >= 15 is 0 Å². The van der Waals surface area contributed by atoms with Crippen LogP contribution in [0.2, 0.25) is 0 Å². The minimum atomic E-state index is -0.755. The van der Waals surface area contributed by atoms with Crippen LogP contribution in [-0.2, 0) is 11.2 Å². The number of rotatable bonds is 7. The molecule has 0 fully saturated rings. The van der Waals surface area contributed by atoms with Crippen LogP contribution in [0.5, 0.6) is 5.75 Å². The number of hydrogen-bond donors (Lipinski definition) is 2. The lowest BCUT2D eigenvalue weighted by Crippen LogP contribution is -2.46. The van der Waals surface area contributed by atoms with Crippen molar-refractivity contribution in [2.45, 2.75) is 91.6 Å². The summed E-state index contributed by atoms with van der Waals surface area (Å²) < 4.78 is 11.3. The van der Waals surface area contributed by atoms with Crippen LogP contribution in [0.3, 0.4) is 0 Å². The standard InChI is InChI=1S/C23H37NO4/c1-10-11-20(25)19(24-21(26)28-23(7,8)9)14-18-15(2)12-17(13-16(18)3)27-22(4,5)6/h10,12-13,19-20,25H,1,11,14H2,2-9H3,(H,24,26). The first-order chi connectivity index (χ1) is 12.7. The van der Waals surface area contributed by atoms with Crippen molar-refractivity contribution in [3.63, 3.8) is 0 Å². The van der Waals surface area contributed by atoms with Crippen LogP contribution >= 0.6 is 0 Å². The number of ether oxygens (including phenoxy) is 2. The number of nitrogens with one attached hydrogen (secondary N) is 1. The largest absolute Gasteiger partial charge is 0.488 e. The fourth-order valence-electron chi connectivity index (χ4n) is 2.99. The molecule has 0 aromatic heterocycles. The van der Waals surface area contributed by atoms with Crippen LogP contribution in [-0.4, -0.2) is 34.5 Å². The highest BCUT2D eigenvalue weighted by molar-refractivity contribution is 5.68. The Balaban J connectivity index is 3.07. The fourth-order valence-corrected chi connectivity index (χ4v) is 2.99. The molecule has 2 unspecified atom stereocenters. The number of carbonyl (C=O) groups is 1. The third-order valence-electron chi connectivity index (χ3n) is 4.09. The van der Waals surface area contributed by atoms with Crippen LogP contribution in [0, 0.1) is 13.8 Å². The van der Waals surface area contributed by atoms with Crippen LogP contribution in [0.1, 0.15) is 64.7 Å². The number of hydrogen-bond acceptors (Lipinski definition) is 4. The van der Waals surface area contributed by atoms with E-state index in [-0.39, 0.29) is 5.60 Å². The molecule has 2 N–H and O–H groups in total. The van der Waals surface area contributed by atoms with Gasteiger partial charge in [0.25, 0.3) is 0 Å². The molecule has 0 saturated heterocycles. The summed E-state index contributed by atoms with van der Waals surface area (Å²) in [6, 6.07) is 3.51. The molecule has 158 valence electrons. The Kier molecular flexibility index (Phi) is 8.12. The van der Waals surface area contributed by atoms with Crippen LogP contribution in [0.4, 0.5) is 4.79 Å². The Morgan fingerprint density at radius 3 is 2.11 bits per heavy atom. The molecule has 1 aromatic rings. The summed E-state index contributed by atoms with van der Waals surface area (Å²) in [5.74, 6) is 0.814. The molecule has 0 aliphatic rings. The molecule has 0 heterocycles. The van der Waals surface area contributed by atoms with Gasteiger partial charge in [-0.05, 0) is 97.1 Å². The van der Waals surface area contributed by atoms with Crippen molar-refractivity contribution in [1.29, 1.82) is 0 Å². The quantitative estimate of drug-likeness (QED) is 0.652. The van der Waals surface area contributed by atoms with E-state index in [1.165, 1.54) is 0 Å². The minimum Gasteiger partial charge on any atom is -0.488 e. The minimum absolute atomic E-state index is 0.276. The number of amides is 1. The number of benzene rings is 1. The van der Waals surface area contributed by atoms with Gasteiger partial charge in [0, 0.05) is 0 Å². The molecule has 1 rings (SSSR count). The fraction of sp³-hybridized carbons (Fsp3) is 0.609. The van der Waals surface area contributed by atoms with Gasteiger partial charge in [0.2, 0.25) is 0 Å². The van der Waals surface area contributed by atoms with Gasteiger partial charge in [-0.2, -0.15) is 0 Å². The van der Waals surface area contributed by atoms with Crippen molar-refractivity contribution in [1.82, 2.24) is 5.32 Å². The Morgan fingerprint density at radius 1 is 1.14 bits per heavy atom. The zero-order valence-corrected chi connectivity index (χ0v) is 18.7. The average molecular weight is 392 g/mol.